The van der Waals surface area contributed by atoms with Crippen LogP contribution in [0.15, 0.2) is 48.5 Å². The minimum atomic E-state index is -0.298. The summed E-state index contributed by atoms with van der Waals surface area (Å²) in [6.07, 6.45) is 0.181. The van der Waals surface area contributed by atoms with E-state index in [2.05, 4.69) is 0 Å². The van der Waals surface area contributed by atoms with Gasteiger partial charge in [0.25, 0.3) is 0 Å². The fraction of sp³-hybridized carbons (Fsp3) is 0.133. The standard InChI is InChI=1S/C15H14ClNO2/c16-13-7-5-11(6-8-13)10-19-15(18)9-12-3-1-2-4-14(12)17/h1-8H,9-10,17H2. The minimum absolute atomic E-state index is 0.181. The van der Waals surface area contributed by atoms with Gasteiger partial charge in [-0.25, -0.2) is 0 Å². The lowest BCUT2D eigenvalue weighted by Crippen LogP contribution is -2.09. The SMILES string of the molecule is Nc1ccccc1CC(=O)OCc1ccc(Cl)cc1. The molecule has 0 aromatic heterocycles. The van der Waals surface area contributed by atoms with E-state index < -0.39 is 0 Å². The Hall–Kier alpha value is -2.00. The molecule has 0 fully saturated rings. The number of para-hydroxylation sites is 1. The number of halogens is 1. The van der Waals surface area contributed by atoms with E-state index in [0.717, 1.165) is 11.1 Å². The van der Waals surface area contributed by atoms with Crippen LogP contribution in [0.1, 0.15) is 11.1 Å². The smallest absolute Gasteiger partial charge is 0.310 e. The summed E-state index contributed by atoms with van der Waals surface area (Å²) in [6.45, 7) is 0.239. The number of anilines is 1. The van der Waals surface area contributed by atoms with Gasteiger partial charge in [-0.1, -0.05) is 41.9 Å². The Morgan fingerprint density at radius 3 is 2.47 bits per heavy atom. The van der Waals surface area contributed by atoms with Crippen LogP contribution in [0.2, 0.25) is 5.02 Å². The molecule has 0 radical (unpaired) electrons. The van der Waals surface area contributed by atoms with Crippen molar-refractivity contribution in [1.29, 1.82) is 0 Å². The number of rotatable bonds is 4. The van der Waals surface area contributed by atoms with E-state index in [4.69, 9.17) is 22.1 Å². The molecule has 2 aromatic rings. The molecule has 2 rings (SSSR count). The summed E-state index contributed by atoms with van der Waals surface area (Å²) in [6, 6.07) is 14.4. The van der Waals surface area contributed by atoms with Crippen molar-refractivity contribution < 1.29 is 9.53 Å². The molecule has 0 atom stereocenters. The first-order chi connectivity index (χ1) is 9.15. The number of esters is 1. The number of ether oxygens (including phenoxy) is 1. The average Bonchev–Trinajstić information content (AvgIpc) is 2.41. The van der Waals surface area contributed by atoms with E-state index in [1.807, 2.05) is 30.3 Å². The van der Waals surface area contributed by atoms with E-state index in [-0.39, 0.29) is 19.0 Å². The molecule has 0 spiro atoms. The Morgan fingerprint density at radius 2 is 1.79 bits per heavy atom. The normalized spacial score (nSPS) is 10.2. The number of nitrogens with two attached hydrogens (primary N) is 1. The predicted octanol–water partition coefficient (Wildman–Crippen LogP) is 3.21. The summed E-state index contributed by atoms with van der Waals surface area (Å²) < 4.78 is 5.19. The molecule has 0 heterocycles. The van der Waals surface area contributed by atoms with Gasteiger partial charge in [-0.05, 0) is 29.3 Å². The maximum absolute atomic E-state index is 11.7. The number of nitrogen functional groups attached to an aromatic ring is 1. The van der Waals surface area contributed by atoms with Crippen LogP contribution in [0.25, 0.3) is 0 Å². The van der Waals surface area contributed by atoms with Gasteiger partial charge in [-0.2, -0.15) is 0 Å². The van der Waals surface area contributed by atoms with E-state index in [1.165, 1.54) is 0 Å². The van der Waals surface area contributed by atoms with Crippen LogP contribution in [-0.4, -0.2) is 5.97 Å². The predicted molar refractivity (Wildman–Crippen MR) is 75.8 cm³/mol. The van der Waals surface area contributed by atoms with Crippen molar-refractivity contribution in [2.75, 3.05) is 5.73 Å². The first kappa shape index (κ1) is 13.4. The first-order valence-corrected chi connectivity index (χ1v) is 6.26. The quantitative estimate of drug-likeness (QED) is 0.689. The number of carbonyl (C=O) groups excluding carboxylic acids is 1. The Bertz CT molecular complexity index is 567. The molecule has 2 N–H and O–H groups in total. The molecule has 98 valence electrons. The molecule has 19 heavy (non-hydrogen) atoms. The van der Waals surface area contributed by atoms with Crippen LogP contribution in [-0.2, 0) is 22.6 Å². The number of hydrogen-bond donors (Lipinski definition) is 1. The summed E-state index contributed by atoms with van der Waals surface area (Å²) in [4.78, 5) is 11.7. The zero-order chi connectivity index (χ0) is 13.7. The van der Waals surface area contributed by atoms with Crippen LogP contribution < -0.4 is 5.73 Å². The summed E-state index contributed by atoms with van der Waals surface area (Å²) in [7, 11) is 0. The summed E-state index contributed by atoms with van der Waals surface area (Å²) >= 11 is 5.78. The molecule has 0 amide bonds. The Labute approximate surface area is 117 Å². The van der Waals surface area contributed by atoms with Crippen molar-refractivity contribution in [3.05, 3.63) is 64.7 Å². The van der Waals surface area contributed by atoms with E-state index >= 15 is 0 Å². The molecule has 0 saturated heterocycles. The van der Waals surface area contributed by atoms with Crippen molar-refractivity contribution >= 4 is 23.3 Å². The van der Waals surface area contributed by atoms with Crippen molar-refractivity contribution in [3.8, 4) is 0 Å². The van der Waals surface area contributed by atoms with Gasteiger partial charge in [0.1, 0.15) is 6.61 Å². The number of carbonyl (C=O) groups is 1. The molecular weight excluding hydrogens is 262 g/mol. The van der Waals surface area contributed by atoms with Crippen molar-refractivity contribution in [2.45, 2.75) is 13.0 Å². The zero-order valence-electron chi connectivity index (χ0n) is 10.3. The summed E-state index contributed by atoms with van der Waals surface area (Å²) in [5.74, 6) is -0.298. The molecule has 4 heteroatoms. The van der Waals surface area contributed by atoms with E-state index in [1.54, 1.807) is 18.2 Å². The van der Waals surface area contributed by atoms with Gasteiger partial charge in [0.15, 0.2) is 0 Å². The highest BCUT2D eigenvalue weighted by atomic mass is 35.5. The summed E-state index contributed by atoms with van der Waals surface area (Å²) in [5.41, 5.74) is 8.06. The van der Waals surface area contributed by atoms with Crippen LogP contribution >= 0.6 is 11.6 Å². The second kappa shape index (κ2) is 6.25. The molecule has 0 saturated carbocycles. The third-order valence-corrected chi connectivity index (χ3v) is 2.95. The number of benzene rings is 2. The molecule has 2 aromatic carbocycles. The van der Waals surface area contributed by atoms with Gasteiger partial charge >= 0.3 is 5.97 Å². The number of hydrogen-bond acceptors (Lipinski definition) is 3. The van der Waals surface area contributed by atoms with Crippen LogP contribution in [0.3, 0.4) is 0 Å². The average molecular weight is 276 g/mol. The highest BCUT2D eigenvalue weighted by molar-refractivity contribution is 6.30. The summed E-state index contributed by atoms with van der Waals surface area (Å²) in [5, 5.41) is 0.659. The topological polar surface area (TPSA) is 52.3 Å². The molecular formula is C15H14ClNO2. The molecule has 0 aliphatic rings. The monoisotopic (exact) mass is 275 g/mol. The van der Waals surface area contributed by atoms with Crippen molar-refractivity contribution in [3.63, 3.8) is 0 Å². The van der Waals surface area contributed by atoms with Gasteiger partial charge in [-0.15, -0.1) is 0 Å². The fourth-order valence-electron chi connectivity index (χ4n) is 1.65. The lowest BCUT2D eigenvalue weighted by molar-refractivity contribution is -0.144. The van der Waals surface area contributed by atoms with Gasteiger partial charge in [0, 0.05) is 10.7 Å². The second-order valence-corrected chi connectivity index (χ2v) is 4.60. The maximum atomic E-state index is 11.7. The second-order valence-electron chi connectivity index (χ2n) is 4.16. The van der Waals surface area contributed by atoms with Gasteiger partial charge in [-0.3, -0.25) is 4.79 Å². The van der Waals surface area contributed by atoms with Gasteiger partial charge in [0.2, 0.25) is 0 Å². The first-order valence-electron chi connectivity index (χ1n) is 5.88. The van der Waals surface area contributed by atoms with E-state index in [0.29, 0.717) is 10.7 Å². The fourth-order valence-corrected chi connectivity index (χ4v) is 1.77. The lowest BCUT2D eigenvalue weighted by Gasteiger charge is -2.07. The lowest BCUT2D eigenvalue weighted by atomic mass is 10.1. The molecule has 0 unspecified atom stereocenters. The molecule has 0 aliphatic carbocycles. The van der Waals surface area contributed by atoms with Gasteiger partial charge < -0.3 is 10.5 Å². The maximum Gasteiger partial charge on any atom is 0.310 e. The molecule has 0 bridgehead atoms. The Kier molecular flexibility index (Phi) is 4.42. The Morgan fingerprint density at radius 1 is 1.11 bits per heavy atom. The third kappa shape index (κ3) is 4.00. The van der Waals surface area contributed by atoms with Crippen molar-refractivity contribution in [2.24, 2.45) is 0 Å². The zero-order valence-corrected chi connectivity index (χ0v) is 11.1. The van der Waals surface area contributed by atoms with Crippen molar-refractivity contribution in [1.82, 2.24) is 0 Å². The van der Waals surface area contributed by atoms with Crippen LogP contribution in [0, 0.1) is 0 Å². The van der Waals surface area contributed by atoms with E-state index in [9.17, 15) is 4.79 Å². The minimum Gasteiger partial charge on any atom is -0.461 e. The largest absolute Gasteiger partial charge is 0.461 e. The molecule has 0 aliphatic heterocycles. The Balaban J connectivity index is 1.88. The third-order valence-electron chi connectivity index (χ3n) is 2.70. The van der Waals surface area contributed by atoms with Gasteiger partial charge in [0.05, 0.1) is 6.42 Å². The highest BCUT2D eigenvalue weighted by Crippen LogP contribution is 2.13. The van der Waals surface area contributed by atoms with Crippen LogP contribution in [0.5, 0.6) is 0 Å². The molecule has 3 nitrogen and oxygen atoms in total. The van der Waals surface area contributed by atoms with Crippen LogP contribution in [0.4, 0.5) is 5.69 Å². The highest BCUT2D eigenvalue weighted by Gasteiger charge is 2.07.